The first-order valence-corrected chi connectivity index (χ1v) is 7.96. The lowest BCUT2D eigenvalue weighted by Crippen LogP contribution is -2.40. The number of nitrogens with one attached hydrogen (secondary N) is 1. The van der Waals surface area contributed by atoms with Crippen molar-refractivity contribution in [3.05, 3.63) is 29.3 Å². The smallest absolute Gasteiger partial charge is 0.227 e. The maximum absolute atomic E-state index is 12.5. The van der Waals surface area contributed by atoms with Gasteiger partial charge >= 0.3 is 0 Å². The molecule has 1 N–H and O–H groups in total. The van der Waals surface area contributed by atoms with Crippen LogP contribution in [-0.4, -0.2) is 11.7 Å². The van der Waals surface area contributed by atoms with Crippen LogP contribution in [0.2, 0.25) is 0 Å². The van der Waals surface area contributed by atoms with Gasteiger partial charge in [0.15, 0.2) is 0 Å². The van der Waals surface area contributed by atoms with E-state index in [-0.39, 0.29) is 23.7 Å². The highest BCUT2D eigenvalue weighted by molar-refractivity contribution is 5.95. The summed E-state index contributed by atoms with van der Waals surface area (Å²) >= 11 is 0. The van der Waals surface area contributed by atoms with Gasteiger partial charge in [0, 0.05) is 23.4 Å². The molecule has 1 amide bonds. The molecule has 0 heterocycles. The maximum atomic E-state index is 12.5. The summed E-state index contributed by atoms with van der Waals surface area (Å²) in [7, 11) is 0. The van der Waals surface area contributed by atoms with Crippen molar-refractivity contribution in [1.82, 2.24) is 0 Å². The van der Waals surface area contributed by atoms with Crippen molar-refractivity contribution >= 4 is 17.4 Å². The Hall–Kier alpha value is -1.64. The van der Waals surface area contributed by atoms with Crippen LogP contribution in [-0.2, 0) is 9.59 Å². The van der Waals surface area contributed by atoms with Gasteiger partial charge in [-0.2, -0.15) is 0 Å². The van der Waals surface area contributed by atoms with Crippen molar-refractivity contribution in [3.63, 3.8) is 0 Å². The second-order valence-corrected chi connectivity index (χ2v) is 6.68. The van der Waals surface area contributed by atoms with E-state index in [4.69, 9.17) is 0 Å². The lowest BCUT2D eigenvalue weighted by Gasteiger charge is -2.36. The summed E-state index contributed by atoms with van der Waals surface area (Å²) in [4.78, 5) is 24.6. The van der Waals surface area contributed by atoms with Gasteiger partial charge in [0.1, 0.15) is 5.78 Å². The molecule has 2 saturated carbocycles. The molecule has 1 unspecified atom stereocenters. The lowest BCUT2D eigenvalue weighted by atomic mass is 9.67. The number of hydrogen-bond donors (Lipinski definition) is 1. The summed E-state index contributed by atoms with van der Waals surface area (Å²) in [6, 6.07) is 6.00. The lowest BCUT2D eigenvalue weighted by molar-refractivity contribution is -0.136. The monoisotopic (exact) mass is 285 g/mol. The van der Waals surface area contributed by atoms with Gasteiger partial charge in [0.2, 0.25) is 5.91 Å². The Bertz CT molecular complexity index is 563. The predicted molar refractivity (Wildman–Crippen MR) is 83.1 cm³/mol. The SMILES string of the molecule is Cc1ccc(NC(=O)C2C[C@H]3CCC[C@@H](C2)C3=O)cc1C. The minimum atomic E-state index is -0.000362. The molecule has 3 atom stereocenters. The summed E-state index contributed by atoms with van der Waals surface area (Å²) in [6.07, 6.45) is 4.58. The van der Waals surface area contributed by atoms with Gasteiger partial charge in [-0.1, -0.05) is 12.5 Å². The van der Waals surface area contributed by atoms with E-state index in [1.807, 2.05) is 18.2 Å². The summed E-state index contributed by atoms with van der Waals surface area (Å²) in [5.74, 6) is 0.764. The van der Waals surface area contributed by atoms with E-state index in [1.54, 1.807) is 0 Å². The van der Waals surface area contributed by atoms with Crippen LogP contribution in [0.1, 0.15) is 43.2 Å². The van der Waals surface area contributed by atoms with Gasteiger partial charge in [-0.05, 0) is 62.8 Å². The molecule has 2 bridgehead atoms. The number of carbonyl (C=O) groups excluding carboxylic acids is 2. The van der Waals surface area contributed by atoms with E-state index in [9.17, 15) is 9.59 Å². The second kappa shape index (κ2) is 5.63. The number of rotatable bonds is 2. The molecule has 2 aliphatic rings. The van der Waals surface area contributed by atoms with E-state index >= 15 is 0 Å². The molecular formula is C18H23NO2. The fourth-order valence-corrected chi connectivity index (χ4v) is 3.76. The van der Waals surface area contributed by atoms with Crippen LogP contribution in [0, 0.1) is 31.6 Å². The summed E-state index contributed by atoms with van der Waals surface area (Å²) < 4.78 is 0. The van der Waals surface area contributed by atoms with Crippen molar-refractivity contribution < 1.29 is 9.59 Å². The number of aryl methyl sites for hydroxylation is 2. The molecule has 112 valence electrons. The van der Waals surface area contributed by atoms with Gasteiger partial charge in [0.05, 0.1) is 0 Å². The van der Waals surface area contributed by atoms with Crippen LogP contribution in [0.4, 0.5) is 5.69 Å². The molecule has 2 fully saturated rings. The van der Waals surface area contributed by atoms with Crippen molar-refractivity contribution in [2.45, 2.75) is 46.0 Å². The Morgan fingerprint density at radius 1 is 1.10 bits per heavy atom. The molecule has 3 nitrogen and oxygen atoms in total. The molecule has 1 aromatic rings. The van der Waals surface area contributed by atoms with Crippen molar-refractivity contribution in [2.24, 2.45) is 17.8 Å². The molecular weight excluding hydrogens is 262 g/mol. The van der Waals surface area contributed by atoms with Crippen LogP contribution in [0.5, 0.6) is 0 Å². The van der Waals surface area contributed by atoms with Crippen LogP contribution < -0.4 is 5.32 Å². The molecule has 3 rings (SSSR count). The van der Waals surface area contributed by atoms with Crippen LogP contribution in [0.25, 0.3) is 0 Å². The van der Waals surface area contributed by atoms with Crippen molar-refractivity contribution in [3.8, 4) is 0 Å². The molecule has 0 saturated heterocycles. The number of hydrogen-bond acceptors (Lipinski definition) is 2. The van der Waals surface area contributed by atoms with Gasteiger partial charge in [0.25, 0.3) is 0 Å². The second-order valence-electron chi connectivity index (χ2n) is 6.68. The van der Waals surface area contributed by atoms with E-state index in [0.717, 1.165) is 37.8 Å². The third-order valence-corrected chi connectivity index (χ3v) is 5.19. The highest BCUT2D eigenvalue weighted by atomic mass is 16.2. The number of ketones is 1. The number of Topliss-reactive ketones (excluding diaryl/α,β-unsaturated/α-hetero) is 1. The zero-order chi connectivity index (χ0) is 15.0. The highest BCUT2D eigenvalue weighted by Crippen LogP contribution is 2.40. The summed E-state index contributed by atoms with van der Waals surface area (Å²) in [6.45, 7) is 4.11. The van der Waals surface area contributed by atoms with E-state index in [1.165, 1.54) is 11.1 Å². The molecule has 0 aromatic heterocycles. The zero-order valence-corrected chi connectivity index (χ0v) is 12.8. The predicted octanol–water partition coefficient (Wildman–Crippen LogP) is 3.64. The molecule has 2 aliphatic carbocycles. The third kappa shape index (κ3) is 2.87. The molecule has 0 spiro atoms. The summed E-state index contributed by atoms with van der Waals surface area (Å²) in [5, 5.41) is 3.03. The highest BCUT2D eigenvalue weighted by Gasteiger charge is 2.41. The molecule has 3 heteroatoms. The number of anilines is 1. The largest absolute Gasteiger partial charge is 0.326 e. The van der Waals surface area contributed by atoms with Crippen LogP contribution in [0.3, 0.4) is 0 Å². The number of amides is 1. The quantitative estimate of drug-likeness (QED) is 0.901. The Morgan fingerprint density at radius 3 is 2.38 bits per heavy atom. The first-order chi connectivity index (χ1) is 10.0. The fourth-order valence-electron chi connectivity index (χ4n) is 3.76. The van der Waals surface area contributed by atoms with Crippen molar-refractivity contribution in [1.29, 1.82) is 0 Å². The molecule has 1 aromatic carbocycles. The normalized spacial score (nSPS) is 28.3. The molecule has 0 aliphatic heterocycles. The number of fused-ring (bicyclic) bond motifs is 2. The van der Waals surface area contributed by atoms with Gasteiger partial charge in [-0.25, -0.2) is 0 Å². The Labute approximate surface area is 126 Å². The Balaban J connectivity index is 1.68. The zero-order valence-electron chi connectivity index (χ0n) is 12.8. The first-order valence-electron chi connectivity index (χ1n) is 7.96. The minimum Gasteiger partial charge on any atom is -0.326 e. The standard InChI is InChI=1S/C18H23NO2/c1-11-6-7-16(8-12(11)2)19-18(21)15-9-13-4-3-5-14(10-15)17(13)20/h6-8,13-15H,3-5,9-10H2,1-2H3,(H,19,21)/t13-,14+,15?. The van der Waals surface area contributed by atoms with Crippen LogP contribution >= 0.6 is 0 Å². The Morgan fingerprint density at radius 2 is 1.76 bits per heavy atom. The molecule has 0 radical (unpaired) electrons. The minimum absolute atomic E-state index is 0.000362. The average molecular weight is 285 g/mol. The summed E-state index contributed by atoms with van der Waals surface area (Å²) in [5.41, 5.74) is 3.28. The number of carbonyl (C=O) groups is 2. The molecule has 21 heavy (non-hydrogen) atoms. The number of benzene rings is 1. The third-order valence-electron chi connectivity index (χ3n) is 5.19. The van der Waals surface area contributed by atoms with Crippen molar-refractivity contribution in [2.75, 3.05) is 5.32 Å². The van der Waals surface area contributed by atoms with Crippen LogP contribution in [0.15, 0.2) is 18.2 Å². The Kier molecular flexibility index (Phi) is 3.83. The van der Waals surface area contributed by atoms with Gasteiger partial charge in [-0.3, -0.25) is 9.59 Å². The van der Waals surface area contributed by atoms with Gasteiger partial charge in [-0.15, -0.1) is 0 Å². The van der Waals surface area contributed by atoms with E-state index < -0.39 is 0 Å². The average Bonchev–Trinajstić information content (AvgIpc) is 2.42. The van der Waals surface area contributed by atoms with E-state index in [2.05, 4.69) is 19.2 Å². The topological polar surface area (TPSA) is 46.2 Å². The van der Waals surface area contributed by atoms with Gasteiger partial charge < -0.3 is 5.32 Å². The maximum Gasteiger partial charge on any atom is 0.227 e. The van der Waals surface area contributed by atoms with E-state index in [0.29, 0.717) is 5.78 Å². The fraction of sp³-hybridized carbons (Fsp3) is 0.556. The first kappa shape index (κ1) is 14.3.